The van der Waals surface area contributed by atoms with Gasteiger partial charge in [-0.05, 0) is 60.9 Å². The molecule has 5 rings (SSSR count). The third-order valence-corrected chi connectivity index (χ3v) is 8.11. The van der Waals surface area contributed by atoms with Gasteiger partial charge in [0.1, 0.15) is 13.2 Å². The number of rotatable bonds is 5. The summed E-state index contributed by atoms with van der Waals surface area (Å²) in [5.74, 6) is 1.23. The summed E-state index contributed by atoms with van der Waals surface area (Å²) in [6.45, 7) is 1.64. The highest BCUT2D eigenvalue weighted by molar-refractivity contribution is 7.92. The Bertz CT molecular complexity index is 1310. The van der Waals surface area contributed by atoms with Gasteiger partial charge in [-0.2, -0.15) is 0 Å². The number of carbonyl (C=O) groups is 1. The lowest BCUT2D eigenvalue weighted by Gasteiger charge is -2.27. The fourth-order valence-electron chi connectivity index (χ4n) is 4.51. The maximum atomic E-state index is 13.5. The summed E-state index contributed by atoms with van der Waals surface area (Å²) in [4.78, 5) is 15.4. The fraction of sp³-hybridized carbons (Fsp3) is 0.269. The molecule has 34 heavy (non-hydrogen) atoms. The standard InChI is InChI=1S/C26H26N2O5S/c1-27(21-8-3-2-4-9-21)34(30,31)22-10-5-7-20(17-22)26(29)28-14-6-11-23(28)19-12-13-24-25(18-19)33-16-15-32-24/h2-5,7-10,12-13,17-18,23H,6,11,14-16H2,1H3. The van der Waals surface area contributed by atoms with E-state index in [1.165, 1.54) is 23.5 Å². The van der Waals surface area contributed by atoms with Crippen LogP contribution in [0, 0.1) is 0 Å². The minimum absolute atomic E-state index is 0.0831. The van der Waals surface area contributed by atoms with E-state index >= 15 is 0 Å². The molecule has 0 aliphatic carbocycles. The van der Waals surface area contributed by atoms with Crippen LogP contribution in [0.2, 0.25) is 0 Å². The highest BCUT2D eigenvalue weighted by Gasteiger charge is 2.32. The van der Waals surface area contributed by atoms with Gasteiger partial charge in [-0.1, -0.05) is 30.3 Å². The number of benzene rings is 3. The highest BCUT2D eigenvalue weighted by atomic mass is 32.2. The number of fused-ring (bicyclic) bond motifs is 1. The van der Waals surface area contributed by atoms with E-state index in [2.05, 4.69) is 0 Å². The van der Waals surface area contributed by atoms with Gasteiger partial charge < -0.3 is 14.4 Å². The Morgan fingerprint density at radius 2 is 1.71 bits per heavy atom. The molecule has 7 nitrogen and oxygen atoms in total. The number of amides is 1. The van der Waals surface area contributed by atoms with Crippen LogP contribution in [0.3, 0.4) is 0 Å². The molecule has 0 N–H and O–H groups in total. The molecule has 2 heterocycles. The van der Waals surface area contributed by atoms with Crippen molar-refractivity contribution < 1.29 is 22.7 Å². The quantitative estimate of drug-likeness (QED) is 0.548. The van der Waals surface area contributed by atoms with Crippen molar-refractivity contribution in [2.75, 3.05) is 31.1 Å². The number of ether oxygens (including phenoxy) is 2. The first-order valence-corrected chi connectivity index (χ1v) is 12.7. The van der Waals surface area contributed by atoms with Gasteiger partial charge in [-0.25, -0.2) is 8.42 Å². The first-order valence-electron chi connectivity index (χ1n) is 11.3. The minimum atomic E-state index is -3.82. The third kappa shape index (κ3) is 4.09. The van der Waals surface area contributed by atoms with E-state index in [9.17, 15) is 13.2 Å². The van der Waals surface area contributed by atoms with Gasteiger partial charge in [-0.3, -0.25) is 9.10 Å². The van der Waals surface area contributed by atoms with Crippen molar-refractivity contribution in [2.45, 2.75) is 23.8 Å². The van der Waals surface area contributed by atoms with E-state index in [1.54, 1.807) is 36.4 Å². The van der Waals surface area contributed by atoms with E-state index in [1.807, 2.05) is 29.2 Å². The summed E-state index contributed by atoms with van der Waals surface area (Å²) in [5, 5.41) is 0. The van der Waals surface area contributed by atoms with E-state index in [0.29, 0.717) is 42.5 Å². The normalized spacial score (nSPS) is 17.4. The van der Waals surface area contributed by atoms with Gasteiger partial charge in [0.2, 0.25) is 0 Å². The molecule has 1 fully saturated rings. The maximum Gasteiger partial charge on any atom is 0.264 e. The molecule has 176 valence electrons. The average Bonchev–Trinajstić information content (AvgIpc) is 3.38. The molecule has 0 saturated carbocycles. The van der Waals surface area contributed by atoms with Crippen LogP contribution in [0.25, 0.3) is 0 Å². The van der Waals surface area contributed by atoms with E-state index in [4.69, 9.17) is 9.47 Å². The number of carbonyl (C=O) groups excluding carboxylic acids is 1. The van der Waals surface area contributed by atoms with Crippen LogP contribution in [-0.2, 0) is 10.0 Å². The number of anilines is 1. The highest BCUT2D eigenvalue weighted by Crippen LogP contribution is 2.38. The molecule has 0 aromatic heterocycles. The molecular formula is C26H26N2O5S. The number of hydrogen-bond acceptors (Lipinski definition) is 5. The minimum Gasteiger partial charge on any atom is -0.486 e. The van der Waals surface area contributed by atoms with E-state index < -0.39 is 10.0 Å². The SMILES string of the molecule is CN(c1ccccc1)S(=O)(=O)c1cccc(C(=O)N2CCCC2c2ccc3c(c2)OCCO3)c1. The molecule has 1 amide bonds. The predicted molar refractivity (Wildman–Crippen MR) is 129 cm³/mol. The summed E-state index contributed by atoms with van der Waals surface area (Å²) in [5.41, 5.74) is 1.90. The first-order chi connectivity index (χ1) is 16.4. The molecule has 1 atom stereocenters. The van der Waals surface area contributed by atoms with Crippen LogP contribution >= 0.6 is 0 Å². The Kier molecular flexibility index (Phi) is 5.91. The van der Waals surface area contributed by atoms with E-state index in [-0.39, 0.29) is 16.8 Å². The molecule has 0 bridgehead atoms. The summed E-state index contributed by atoms with van der Waals surface area (Å²) in [6, 6.07) is 20.8. The zero-order valence-electron chi connectivity index (χ0n) is 18.9. The fourth-order valence-corrected chi connectivity index (χ4v) is 5.76. The van der Waals surface area contributed by atoms with Crippen molar-refractivity contribution in [3.05, 3.63) is 83.9 Å². The Morgan fingerprint density at radius 3 is 2.50 bits per heavy atom. The second-order valence-electron chi connectivity index (χ2n) is 8.40. The van der Waals surface area contributed by atoms with Gasteiger partial charge in [0.25, 0.3) is 15.9 Å². The molecule has 0 spiro atoms. The molecule has 0 radical (unpaired) electrons. The van der Waals surface area contributed by atoms with Crippen molar-refractivity contribution in [1.82, 2.24) is 4.90 Å². The van der Waals surface area contributed by atoms with Crippen molar-refractivity contribution in [2.24, 2.45) is 0 Å². The van der Waals surface area contributed by atoms with Crippen molar-refractivity contribution >= 4 is 21.6 Å². The lowest BCUT2D eigenvalue weighted by molar-refractivity contribution is 0.0735. The van der Waals surface area contributed by atoms with Gasteiger partial charge in [0.15, 0.2) is 11.5 Å². The molecule has 1 unspecified atom stereocenters. The molecule has 3 aromatic carbocycles. The third-order valence-electron chi connectivity index (χ3n) is 6.32. The Hall–Kier alpha value is -3.52. The summed E-state index contributed by atoms with van der Waals surface area (Å²) in [7, 11) is -2.30. The molecule has 2 aliphatic heterocycles. The summed E-state index contributed by atoms with van der Waals surface area (Å²) < 4.78 is 39.0. The molecule has 2 aliphatic rings. The average molecular weight is 479 g/mol. The second kappa shape index (κ2) is 9.02. The Morgan fingerprint density at radius 1 is 0.941 bits per heavy atom. The van der Waals surface area contributed by atoms with Crippen LogP contribution in [0.15, 0.2) is 77.7 Å². The summed E-state index contributed by atoms with van der Waals surface area (Å²) in [6.07, 6.45) is 1.71. The van der Waals surface area contributed by atoms with Crippen molar-refractivity contribution in [1.29, 1.82) is 0 Å². The first kappa shape index (κ1) is 22.3. The lowest BCUT2D eigenvalue weighted by Crippen LogP contribution is -2.31. The number of nitrogens with zero attached hydrogens (tertiary/aromatic N) is 2. The second-order valence-corrected chi connectivity index (χ2v) is 10.4. The maximum absolute atomic E-state index is 13.5. The number of likely N-dealkylation sites (tertiary alicyclic amines) is 1. The van der Waals surface area contributed by atoms with Gasteiger partial charge in [-0.15, -0.1) is 0 Å². The predicted octanol–water partition coefficient (Wildman–Crippen LogP) is 4.26. The number of para-hydroxylation sites is 1. The number of hydrogen-bond donors (Lipinski definition) is 0. The van der Waals surface area contributed by atoms with Gasteiger partial charge in [0, 0.05) is 19.2 Å². The van der Waals surface area contributed by atoms with Crippen LogP contribution in [0.1, 0.15) is 34.8 Å². The monoisotopic (exact) mass is 478 g/mol. The molecular weight excluding hydrogens is 452 g/mol. The molecule has 8 heteroatoms. The number of sulfonamides is 1. The van der Waals surface area contributed by atoms with Crippen molar-refractivity contribution in [3.8, 4) is 11.5 Å². The summed E-state index contributed by atoms with van der Waals surface area (Å²) >= 11 is 0. The zero-order valence-corrected chi connectivity index (χ0v) is 19.7. The lowest BCUT2D eigenvalue weighted by atomic mass is 10.0. The smallest absolute Gasteiger partial charge is 0.264 e. The Balaban J connectivity index is 1.41. The molecule has 1 saturated heterocycles. The van der Waals surface area contributed by atoms with Crippen molar-refractivity contribution in [3.63, 3.8) is 0 Å². The zero-order chi connectivity index (χ0) is 23.7. The Labute approximate surface area is 199 Å². The van der Waals surface area contributed by atoms with Gasteiger partial charge >= 0.3 is 0 Å². The van der Waals surface area contributed by atoms with Crippen LogP contribution in [-0.4, -0.2) is 46.0 Å². The van der Waals surface area contributed by atoms with E-state index in [0.717, 1.165) is 18.4 Å². The topological polar surface area (TPSA) is 76.2 Å². The van der Waals surface area contributed by atoms with Gasteiger partial charge in [0.05, 0.1) is 16.6 Å². The largest absolute Gasteiger partial charge is 0.486 e. The van der Waals surface area contributed by atoms with Crippen LogP contribution in [0.5, 0.6) is 11.5 Å². The van der Waals surface area contributed by atoms with Crippen LogP contribution in [0.4, 0.5) is 5.69 Å². The van der Waals surface area contributed by atoms with Crippen LogP contribution < -0.4 is 13.8 Å². The molecule has 3 aromatic rings.